The number of hydrogen-bond acceptors (Lipinski definition) is 14. The Morgan fingerprint density at radius 2 is 0.805 bits per heavy atom. The van der Waals surface area contributed by atoms with Crippen LogP contribution in [0, 0.1) is 11.6 Å². The van der Waals surface area contributed by atoms with Gasteiger partial charge < -0.3 is 49.7 Å². The standard InChI is InChI=1S/C58H80F2N8O12S2/c59-45-9-19-51-43(39-45)41-53(67-27-5-1-6-28-67)55(51)79-47-11-15-49(16-12-47)81(71,72)65-25-33-77-37-35-75-31-23-63-57(69)61-21-3-4-22-62-58(70)64-24-32-76-36-38-78-34-26-66-82(73,74)50-17-13-48(14-18-50)80-56-52-20-10-46(60)40-44(52)42-54(56)68-29-7-2-8-30-68/h9-20,39-40,53-56,65-66H,1-8,21-38,41-42H2,(H2,61,63,69)(H2,62,64,70)/t53-,54-,55-,56-/m1/s1. The molecular formula is C58H80F2N8O12S2. The second kappa shape index (κ2) is 31.9. The van der Waals surface area contributed by atoms with Crippen LogP contribution in [0.2, 0.25) is 0 Å². The molecule has 2 aliphatic carbocycles. The molecule has 8 rings (SSSR count). The number of amides is 4. The van der Waals surface area contributed by atoms with Crippen LogP contribution in [0.4, 0.5) is 18.4 Å². The lowest BCUT2D eigenvalue weighted by molar-refractivity contribution is 0.0516. The molecule has 450 valence electrons. The van der Waals surface area contributed by atoms with Gasteiger partial charge in [0.05, 0.1) is 74.7 Å². The number of fused-ring (bicyclic) bond motifs is 2. The van der Waals surface area contributed by atoms with Gasteiger partial charge in [-0.2, -0.15) is 0 Å². The number of rotatable bonds is 33. The molecule has 4 aliphatic rings. The zero-order valence-electron chi connectivity index (χ0n) is 46.6. The van der Waals surface area contributed by atoms with Gasteiger partial charge in [-0.05, 0) is 173 Å². The summed E-state index contributed by atoms with van der Waals surface area (Å²) >= 11 is 0. The van der Waals surface area contributed by atoms with Crippen LogP contribution in [0.3, 0.4) is 0 Å². The van der Waals surface area contributed by atoms with Crippen molar-refractivity contribution in [1.29, 1.82) is 0 Å². The van der Waals surface area contributed by atoms with Crippen molar-refractivity contribution in [3.05, 3.63) is 119 Å². The molecule has 6 N–H and O–H groups in total. The molecule has 2 fully saturated rings. The molecule has 0 radical (unpaired) electrons. The van der Waals surface area contributed by atoms with Crippen molar-refractivity contribution in [3.8, 4) is 11.5 Å². The lowest BCUT2D eigenvalue weighted by atomic mass is 10.0. The number of carbonyl (C=O) groups is 2. The summed E-state index contributed by atoms with van der Waals surface area (Å²) in [6, 6.07) is 21.8. The average Bonchev–Trinajstić information content (AvgIpc) is 4.14. The topological polar surface area (TPSA) is 236 Å². The Labute approximate surface area is 481 Å². The first-order valence-electron chi connectivity index (χ1n) is 28.7. The highest BCUT2D eigenvalue weighted by Gasteiger charge is 2.40. The van der Waals surface area contributed by atoms with Crippen molar-refractivity contribution in [2.45, 2.75) is 98.3 Å². The number of likely N-dealkylation sites (tertiary alicyclic amines) is 2. The molecule has 20 nitrogen and oxygen atoms in total. The third-order valence-corrected chi connectivity index (χ3v) is 17.9. The molecule has 4 aromatic carbocycles. The predicted octanol–water partition coefficient (Wildman–Crippen LogP) is 5.73. The third kappa shape index (κ3) is 19.0. The quantitative estimate of drug-likeness (QED) is 0.0313. The predicted molar refractivity (Wildman–Crippen MR) is 304 cm³/mol. The van der Waals surface area contributed by atoms with E-state index in [-0.39, 0.29) is 137 Å². The maximum Gasteiger partial charge on any atom is 0.314 e. The van der Waals surface area contributed by atoms with Gasteiger partial charge in [0.25, 0.3) is 0 Å². The summed E-state index contributed by atoms with van der Waals surface area (Å²) in [5.74, 6) is 0.550. The highest BCUT2D eigenvalue weighted by Crippen LogP contribution is 2.41. The van der Waals surface area contributed by atoms with Crippen LogP contribution in [0.25, 0.3) is 0 Å². The number of carbonyl (C=O) groups excluding carboxylic acids is 2. The Morgan fingerprint density at radius 1 is 0.451 bits per heavy atom. The Morgan fingerprint density at radius 3 is 1.18 bits per heavy atom. The summed E-state index contributed by atoms with van der Waals surface area (Å²) < 4.78 is 120. The van der Waals surface area contributed by atoms with E-state index in [2.05, 4.69) is 40.5 Å². The van der Waals surface area contributed by atoms with Gasteiger partial charge in [-0.3, -0.25) is 9.80 Å². The summed E-state index contributed by atoms with van der Waals surface area (Å²) in [4.78, 5) is 29.3. The van der Waals surface area contributed by atoms with Crippen LogP contribution in [0.1, 0.15) is 85.8 Å². The Balaban J connectivity index is 0.570. The highest BCUT2D eigenvalue weighted by atomic mass is 32.2. The Hall–Kier alpha value is -5.54. The van der Waals surface area contributed by atoms with Crippen molar-refractivity contribution < 1.29 is 63.6 Å². The van der Waals surface area contributed by atoms with Crippen molar-refractivity contribution in [2.75, 3.05) is 118 Å². The van der Waals surface area contributed by atoms with Gasteiger partial charge >= 0.3 is 12.1 Å². The summed E-state index contributed by atoms with van der Waals surface area (Å²) in [7, 11) is -7.59. The first-order valence-corrected chi connectivity index (χ1v) is 31.7. The molecule has 0 aromatic heterocycles. The van der Waals surface area contributed by atoms with E-state index in [1.54, 1.807) is 48.5 Å². The van der Waals surface area contributed by atoms with Gasteiger partial charge in [-0.25, -0.2) is 44.6 Å². The number of hydrogen-bond donors (Lipinski definition) is 6. The number of nitrogens with zero attached hydrogens (tertiary/aromatic N) is 2. The van der Waals surface area contributed by atoms with Crippen LogP contribution in [-0.4, -0.2) is 169 Å². The van der Waals surface area contributed by atoms with Crippen LogP contribution in [-0.2, 0) is 51.8 Å². The summed E-state index contributed by atoms with van der Waals surface area (Å²) in [5.41, 5.74) is 3.82. The van der Waals surface area contributed by atoms with Crippen molar-refractivity contribution >= 4 is 32.1 Å². The maximum absolute atomic E-state index is 14.1. The second-order valence-corrected chi connectivity index (χ2v) is 24.3. The first kappa shape index (κ1) is 62.5. The fraction of sp³-hybridized carbons (Fsp3) is 0.552. The van der Waals surface area contributed by atoms with Crippen LogP contribution in [0.15, 0.2) is 94.7 Å². The average molecular weight is 1180 g/mol. The zero-order chi connectivity index (χ0) is 57.6. The minimum atomic E-state index is -3.79. The third-order valence-electron chi connectivity index (χ3n) is 15.0. The van der Waals surface area contributed by atoms with Gasteiger partial charge in [-0.15, -0.1) is 0 Å². The number of urea groups is 2. The van der Waals surface area contributed by atoms with Gasteiger partial charge in [-0.1, -0.05) is 25.0 Å². The number of unbranched alkanes of at least 4 members (excludes halogenated alkanes) is 1. The number of piperidine rings is 2. The van der Waals surface area contributed by atoms with E-state index < -0.39 is 20.0 Å². The SMILES string of the molecule is O=C(NCCCCNC(=O)NCCOCCOCCNS(=O)(=O)c1ccc(O[C@@H]2c3ccc(F)cc3C[C@H]2N2CCCCC2)cc1)NCCOCCOCCNS(=O)(=O)c1ccc(O[C@@H]2c3ccc(F)cc3C[C@H]2N2CCCCC2)cc1. The second-order valence-electron chi connectivity index (χ2n) is 20.8. The van der Waals surface area contributed by atoms with E-state index in [9.17, 15) is 35.2 Å². The molecule has 0 saturated carbocycles. The largest absolute Gasteiger partial charge is 0.484 e. The van der Waals surface area contributed by atoms with E-state index in [1.165, 1.54) is 49.2 Å². The summed E-state index contributed by atoms with van der Waals surface area (Å²) in [6.45, 7) is 7.20. The minimum absolute atomic E-state index is 0.0638. The Kier molecular flexibility index (Phi) is 24.3. The van der Waals surface area contributed by atoms with E-state index >= 15 is 0 Å². The normalized spacial score (nSPS) is 19.3. The fourth-order valence-corrected chi connectivity index (χ4v) is 12.8. The van der Waals surface area contributed by atoms with E-state index in [1.807, 2.05) is 0 Å². The van der Waals surface area contributed by atoms with Crippen molar-refractivity contribution in [1.82, 2.24) is 40.5 Å². The van der Waals surface area contributed by atoms with Crippen LogP contribution < -0.4 is 40.2 Å². The number of sulfonamides is 2. The smallest absolute Gasteiger partial charge is 0.314 e. The molecule has 82 heavy (non-hydrogen) atoms. The number of nitrogens with one attached hydrogen (secondary N) is 6. The molecule has 2 saturated heterocycles. The lowest BCUT2D eigenvalue weighted by Gasteiger charge is -2.35. The molecule has 4 atom stereocenters. The molecule has 0 unspecified atom stereocenters. The van der Waals surface area contributed by atoms with Crippen LogP contribution in [0.5, 0.6) is 11.5 Å². The highest BCUT2D eigenvalue weighted by molar-refractivity contribution is 7.89. The maximum atomic E-state index is 14.1. The van der Waals surface area contributed by atoms with Gasteiger partial charge in [0.15, 0.2) is 0 Å². The molecule has 0 spiro atoms. The van der Waals surface area contributed by atoms with Gasteiger partial charge in [0.1, 0.15) is 35.3 Å². The van der Waals surface area contributed by atoms with Gasteiger partial charge in [0, 0.05) is 39.3 Å². The molecule has 4 amide bonds. The first-order chi connectivity index (χ1) is 39.8. The number of halogens is 2. The van der Waals surface area contributed by atoms with Crippen molar-refractivity contribution in [2.24, 2.45) is 0 Å². The number of benzene rings is 4. The lowest BCUT2D eigenvalue weighted by Crippen LogP contribution is -2.43. The van der Waals surface area contributed by atoms with Gasteiger partial charge in [0.2, 0.25) is 20.0 Å². The van der Waals surface area contributed by atoms with E-state index in [0.29, 0.717) is 50.3 Å². The monoisotopic (exact) mass is 1180 g/mol. The Bertz CT molecular complexity index is 2670. The van der Waals surface area contributed by atoms with Crippen molar-refractivity contribution in [3.63, 3.8) is 0 Å². The summed E-state index contributed by atoms with van der Waals surface area (Å²) in [5, 5.41) is 10.9. The molecule has 24 heteroatoms. The molecule has 4 aromatic rings. The molecule has 2 heterocycles. The number of ether oxygens (including phenoxy) is 6. The molecule has 2 aliphatic heterocycles. The van der Waals surface area contributed by atoms with E-state index in [4.69, 9.17) is 28.4 Å². The minimum Gasteiger partial charge on any atom is -0.484 e. The zero-order valence-corrected chi connectivity index (χ0v) is 48.2. The fourth-order valence-electron chi connectivity index (χ4n) is 10.8. The van der Waals surface area contributed by atoms with E-state index in [0.717, 1.165) is 74.1 Å². The summed E-state index contributed by atoms with van der Waals surface area (Å²) in [6.07, 6.45) is 9.02. The molecular weight excluding hydrogens is 1100 g/mol. The van der Waals surface area contributed by atoms with Crippen LogP contribution >= 0.6 is 0 Å². The molecule has 0 bridgehead atoms.